The van der Waals surface area contributed by atoms with Crippen molar-refractivity contribution in [3.63, 3.8) is 0 Å². The molecule has 0 aliphatic carbocycles. The van der Waals surface area contributed by atoms with E-state index < -0.39 is 0 Å². The largest absolute Gasteiger partial charge is 0.491 e. The van der Waals surface area contributed by atoms with Crippen molar-refractivity contribution in [3.05, 3.63) is 46.7 Å². The lowest BCUT2D eigenvalue weighted by Crippen LogP contribution is -2.44. The van der Waals surface area contributed by atoms with Gasteiger partial charge in [-0.25, -0.2) is 9.97 Å². The molecule has 1 aliphatic heterocycles. The summed E-state index contributed by atoms with van der Waals surface area (Å²) in [5, 5.41) is 0. The Morgan fingerprint density at radius 1 is 1.23 bits per heavy atom. The number of nitrogens with zero attached hydrogens (tertiary/aromatic N) is 3. The van der Waals surface area contributed by atoms with Gasteiger partial charge in [0.05, 0.1) is 17.1 Å². The van der Waals surface area contributed by atoms with Crippen LogP contribution in [-0.2, 0) is 0 Å². The number of benzene rings is 1. The first kappa shape index (κ1) is 18.6. The third-order valence-corrected chi connectivity index (χ3v) is 4.42. The van der Waals surface area contributed by atoms with Gasteiger partial charge in [-0.15, -0.1) is 0 Å². The number of hydrogen-bond acceptors (Lipinski definition) is 5. The molecule has 2 heterocycles. The maximum absolute atomic E-state index is 12.8. The van der Waals surface area contributed by atoms with Gasteiger partial charge in [-0.3, -0.25) is 4.79 Å². The Hall–Kier alpha value is -2.15. The third-order valence-electron chi connectivity index (χ3n) is 4.01. The monoisotopic (exact) mass is 419 g/mol. The van der Waals surface area contributed by atoms with Crippen molar-refractivity contribution in [3.8, 4) is 11.8 Å². The lowest BCUT2D eigenvalue weighted by atomic mass is 10.1. The average Bonchev–Trinajstić information content (AvgIpc) is 2.63. The summed E-state index contributed by atoms with van der Waals surface area (Å²) >= 11 is 3.30. The van der Waals surface area contributed by atoms with Gasteiger partial charge in [-0.1, -0.05) is 0 Å². The van der Waals surface area contributed by atoms with Crippen molar-refractivity contribution in [2.75, 3.05) is 13.1 Å². The first-order valence-electron chi connectivity index (χ1n) is 8.71. The van der Waals surface area contributed by atoms with E-state index in [-0.39, 0.29) is 18.1 Å². The van der Waals surface area contributed by atoms with Crippen molar-refractivity contribution < 1.29 is 14.3 Å². The first-order valence-corrected chi connectivity index (χ1v) is 9.51. The number of hydrogen-bond donors (Lipinski definition) is 0. The number of carbonyl (C=O) groups excluding carboxylic acids is 1. The molecule has 7 heteroatoms. The molecule has 0 spiro atoms. The molecule has 6 nitrogen and oxygen atoms in total. The van der Waals surface area contributed by atoms with Crippen LogP contribution in [-0.4, -0.2) is 46.1 Å². The van der Waals surface area contributed by atoms with Crippen LogP contribution < -0.4 is 9.47 Å². The van der Waals surface area contributed by atoms with E-state index in [1.54, 1.807) is 12.4 Å². The SMILES string of the molecule is CC(C)Oc1ccc(C(=O)N2CCCC(Oc3ncc(Br)cn3)C2)cc1. The van der Waals surface area contributed by atoms with Crippen molar-refractivity contribution >= 4 is 21.8 Å². The summed E-state index contributed by atoms with van der Waals surface area (Å²) in [6.45, 7) is 5.21. The molecule has 26 heavy (non-hydrogen) atoms. The molecule has 1 fully saturated rings. The zero-order valence-corrected chi connectivity index (χ0v) is 16.5. The molecule has 1 amide bonds. The van der Waals surface area contributed by atoms with E-state index >= 15 is 0 Å². The summed E-state index contributed by atoms with van der Waals surface area (Å²) in [4.78, 5) is 22.9. The van der Waals surface area contributed by atoms with Crippen LogP contribution in [0.5, 0.6) is 11.8 Å². The van der Waals surface area contributed by atoms with Crippen LogP contribution in [0.1, 0.15) is 37.0 Å². The molecule has 3 rings (SSSR count). The summed E-state index contributed by atoms with van der Waals surface area (Å²) in [5.41, 5.74) is 0.654. The summed E-state index contributed by atoms with van der Waals surface area (Å²) < 4.78 is 12.3. The zero-order valence-electron chi connectivity index (χ0n) is 14.9. The molecule has 0 N–H and O–H groups in total. The van der Waals surface area contributed by atoms with Crippen LogP contribution in [0.3, 0.4) is 0 Å². The van der Waals surface area contributed by atoms with Crippen LogP contribution in [0.15, 0.2) is 41.1 Å². The fourth-order valence-electron chi connectivity index (χ4n) is 2.86. The number of amides is 1. The van der Waals surface area contributed by atoms with Gasteiger partial charge in [-0.2, -0.15) is 0 Å². The molecule has 2 aromatic rings. The molecular weight excluding hydrogens is 398 g/mol. The zero-order chi connectivity index (χ0) is 18.5. The third kappa shape index (κ3) is 4.94. The van der Waals surface area contributed by atoms with E-state index in [9.17, 15) is 4.79 Å². The van der Waals surface area contributed by atoms with Gasteiger partial charge < -0.3 is 14.4 Å². The molecule has 1 saturated heterocycles. The van der Waals surface area contributed by atoms with Crippen molar-refractivity contribution in [1.82, 2.24) is 14.9 Å². The lowest BCUT2D eigenvalue weighted by molar-refractivity contribution is 0.0515. The number of aromatic nitrogens is 2. The van der Waals surface area contributed by atoms with Gasteiger partial charge in [0.1, 0.15) is 11.9 Å². The molecule has 1 unspecified atom stereocenters. The Morgan fingerprint density at radius 2 is 1.92 bits per heavy atom. The second-order valence-electron chi connectivity index (χ2n) is 6.51. The van der Waals surface area contributed by atoms with Crippen LogP contribution in [0, 0.1) is 0 Å². The van der Waals surface area contributed by atoms with E-state index in [0.717, 1.165) is 29.6 Å². The summed E-state index contributed by atoms with van der Waals surface area (Å²) in [7, 11) is 0. The molecule has 138 valence electrons. The maximum Gasteiger partial charge on any atom is 0.316 e. The van der Waals surface area contributed by atoms with Gasteiger partial charge in [0.2, 0.25) is 0 Å². The minimum Gasteiger partial charge on any atom is -0.491 e. The molecule has 1 aromatic heterocycles. The Kier molecular flexibility index (Phi) is 6.08. The van der Waals surface area contributed by atoms with Crippen molar-refractivity contribution in [1.29, 1.82) is 0 Å². The maximum atomic E-state index is 12.8. The Labute approximate surface area is 161 Å². The van der Waals surface area contributed by atoms with Gasteiger partial charge in [0.25, 0.3) is 5.91 Å². The first-order chi connectivity index (χ1) is 12.5. The Morgan fingerprint density at radius 3 is 2.58 bits per heavy atom. The average molecular weight is 420 g/mol. The van der Waals surface area contributed by atoms with E-state index in [4.69, 9.17) is 9.47 Å². The molecule has 1 aromatic carbocycles. The molecule has 0 bridgehead atoms. The molecule has 0 radical (unpaired) electrons. The predicted octanol–water partition coefficient (Wildman–Crippen LogP) is 3.71. The van der Waals surface area contributed by atoms with Crippen LogP contribution in [0.25, 0.3) is 0 Å². The number of likely N-dealkylation sites (tertiary alicyclic amines) is 1. The highest BCUT2D eigenvalue weighted by Crippen LogP contribution is 2.20. The van der Waals surface area contributed by atoms with E-state index in [2.05, 4.69) is 25.9 Å². The van der Waals surface area contributed by atoms with Crippen molar-refractivity contribution in [2.45, 2.75) is 38.9 Å². The summed E-state index contributed by atoms with van der Waals surface area (Å²) in [5.74, 6) is 0.773. The number of piperidine rings is 1. The van der Waals surface area contributed by atoms with E-state index in [1.165, 1.54) is 0 Å². The second-order valence-corrected chi connectivity index (χ2v) is 7.42. The minimum absolute atomic E-state index is 0.00567. The van der Waals surface area contributed by atoms with E-state index in [0.29, 0.717) is 18.1 Å². The molecule has 0 saturated carbocycles. The normalized spacial score (nSPS) is 17.2. The summed E-state index contributed by atoms with van der Waals surface area (Å²) in [6, 6.07) is 7.62. The van der Waals surface area contributed by atoms with Gasteiger partial charge >= 0.3 is 6.01 Å². The highest BCUT2D eigenvalue weighted by Gasteiger charge is 2.26. The number of rotatable bonds is 5. The van der Waals surface area contributed by atoms with E-state index in [1.807, 2.05) is 43.0 Å². The Balaban J connectivity index is 1.61. The molecule has 1 aliphatic rings. The van der Waals surface area contributed by atoms with Gasteiger partial charge in [-0.05, 0) is 66.9 Å². The fraction of sp³-hybridized carbons (Fsp3) is 0.421. The smallest absolute Gasteiger partial charge is 0.316 e. The fourth-order valence-corrected chi connectivity index (χ4v) is 3.06. The molecule has 1 atom stereocenters. The van der Waals surface area contributed by atoms with Crippen LogP contribution >= 0.6 is 15.9 Å². The predicted molar refractivity (Wildman–Crippen MR) is 101 cm³/mol. The van der Waals surface area contributed by atoms with Crippen LogP contribution in [0.2, 0.25) is 0 Å². The number of halogens is 1. The molecular formula is C19H22BrN3O3. The highest BCUT2D eigenvalue weighted by atomic mass is 79.9. The topological polar surface area (TPSA) is 64.5 Å². The van der Waals surface area contributed by atoms with Gasteiger partial charge in [0.15, 0.2) is 0 Å². The number of ether oxygens (including phenoxy) is 2. The summed E-state index contributed by atoms with van der Waals surface area (Å²) in [6.07, 6.45) is 5.07. The quantitative estimate of drug-likeness (QED) is 0.738. The van der Waals surface area contributed by atoms with Gasteiger partial charge in [0, 0.05) is 24.5 Å². The second kappa shape index (κ2) is 8.49. The highest BCUT2D eigenvalue weighted by molar-refractivity contribution is 9.10. The standard InChI is InChI=1S/C19H22BrN3O3/c1-13(2)25-16-7-5-14(6-8-16)18(24)23-9-3-4-17(12-23)26-19-21-10-15(20)11-22-19/h5-8,10-11,13,17H,3-4,9,12H2,1-2H3. The van der Waals surface area contributed by atoms with Crippen molar-refractivity contribution in [2.24, 2.45) is 0 Å². The lowest BCUT2D eigenvalue weighted by Gasteiger charge is -2.32. The Bertz CT molecular complexity index is 735. The minimum atomic E-state index is -0.0996. The van der Waals surface area contributed by atoms with Crippen LogP contribution in [0.4, 0.5) is 0 Å². The number of carbonyl (C=O) groups is 1.